The molecular weight excluding hydrogens is 333 g/mol. The van der Waals surface area contributed by atoms with Crippen molar-refractivity contribution in [2.45, 2.75) is 25.5 Å². The van der Waals surface area contributed by atoms with Crippen molar-refractivity contribution >= 4 is 29.8 Å². The van der Waals surface area contributed by atoms with E-state index < -0.39 is 6.10 Å². The van der Waals surface area contributed by atoms with Gasteiger partial charge in [-0.2, -0.15) is 0 Å². The number of benzene rings is 2. The van der Waals surface area contributed by atoms with Crippen LogP contribution < -0.4 is 5.32 Å². The SMILES string of the molecule is C[C@@H](NCCC(=O)c1ccc(Cl)cc1)[C@@H](O)c1ccccc1.Cl. The lowest BCUT2D eigenvalue weighted by Gasteiger charge is -2.20. The van der Waals surface area contributed by atoms with Gasteiger partial charge in [0, 0.05) is 29.6 Å². The predicted octanol–water partition coefficient (Wildman–Crippen LogP) is 4.05. The Hall–Kier alpha value is -1.39. The summed E-state index contributed by atoms with van der Waals surface area (Å²) in [5, 5.41) is 14.1. The van der Waals surface area contributed by atoms with E-state index in [0.717, 1.165) is 5.56 Å². The van der Waals surface area contributed by atoms with Crippen LogP contribution in [-0.4, -0.2) is 23.5 Å². The topological polar surface area (TPSA) is 49.3 Å². The first-order valence-corrected chi connectivity index (χ1v) is 7.71. The molecule has 0 aliphatic carbocycles. The molecule has 0 spiro atoms. The van der Waals surface area contributed by atoms with Gasteiger partial charge in [-0.05, 0) is 36.8 Å². The lowest BCUT2D eigenvalue weighted by atomic mass is 10.0. The fourth-order valence-corrected chi connectivity index (χ4v) is 2.37. The van der Waals surface area contributed by atoms with E-state index in [-0.39, 0.29) is 24.2 Å². The molecule has 2 atom stereocenters. The van der Waals surface area contributed by atoms with Crippen molar-refractivity contribution in [3.63, 3.8) is 0 Å². The largest absolute Gasteiger partial charge is 0.387 e. The Labute approximate surface area is 148 Å². The Kier molecular flexibility index (Phi) is 8.28. The number of carbonyl (C=O) groups is 1. The lowest BCUT2D eigenvalue weighted by Crippen LogP contribution is -2.33. The Bertz CT molecular complexity index is 602. The molecule has 0 fully saturated rings. The van der Waals surface area contributed by atoms with Gasteiger partial charge in [0.2, 0.25) is 0 Å². The van der Waals surface area contributed by atoms with Gasteiger partial charge in [-0.15, -0.1) is 12.4 Å². The highest BCUT2D eigenvalue weighted by Gasteiger charge is 2.15. The van der Waals surface area contributed by atoms with E-state index in [0.29, 0.717) is 23.6 Å². The molecule has 0 aliphatic heterocycles. The van der Waals surface area contributed by atoms with Crippen LogP contribution in [0.3, 0.4) is 0 Å². The number of aliphatic hydroxyl groups excluding tert-OH is 1. The van der Waals surface area contributed by atoms with Gasteiger partial charge in [-0.25, -0.2) is 0 Å². The fraction of sp³-hybridized carbons (Fsp3) is 0.278. The number of carbonyl (C=O) groups excluding carboxylic acids is 1. The summed E-state index contributed by atoms with van der Waals surface area (Å²) < 4.78 is 0. The zero-order valence-corrected chi connectivity index (χ0v) is 14.5. The summed E-state index contributed by atoms with van der Waals surface area (Å²) in [6.07, 6.45) is -0.208. The Morgan fingerprint density at radius 3 is 2.35 bits per heavy atom. The average Bonchev–Trinajstić information content (AvgIpc) is 2.55. The smallest absolute Gasteiger partial charge is 0.164 e. The molecule has 2 aromatic rings. The highest BCUT2D eigenvalue weighted by Crippen LogP contribution is 2.16. The van der Waals surface area contributed by atoms with Crippen LogP contribution in [0.15, 0.2) is 54.6 Å². The highest BCUT2D eigenvalue weighted by molar-refractivity contribution is 6.30. The minimum absolute atomic E-state index is 0. The van der Waals surface area contributed by atoms with Crippen LogP contribution in [0.2, 0.25) is 5.02 Å². The Morgan fingerprint density at radius 2 is 1.74 bits per heavy atom. The van der Waals surface area contributed by atoms with Gasteiger partial charge in [0.15, 0.2) is 5.78 Å². The summed E-state index contributed by atoms with van der Waals surface area (Å²) in [7, 11) is 0. The quantitative estimate of drug-likeness (QED) is 0.738. The fourth-order valence-electron chi connectivity index (χ4n) is 2.24. The zero-order valence-electron chi connectivity index (χ0n) is 12.9. The van der Waals surface area contributed by atoms with E-state index >= 15 is 0 Å². The van der Waals surface area contributed by atoms with Gasteiger partial charge in [0.25, 0.3) is 0 Å². The summed E-state index contributed by atoms with van der Waals surface area (Å²) in [6, 6.07) is 16.3. The van der Waals surface area contributed by atoms with Gasteiger partial charge in [0.1, 0.15) is 0 Å². The third-order valence-corrected chi connectivity index (χ3v) is 3.85. The van der Waals surface area contributed by atoms with Gasteiger partial charge in [-0.1, -0.05) is 41.9 Å². The van der Waals surface area contributed by atoms with Crippen LogP contribution in [0.4, 0.5) is 0 Å². The molecule has 0 aromatic heterocycles. The van der Waals surface area contributed by atoms with E-state index in [1.807, 2.05) is 37.3 Å². The van der Waals surface area contributed by atoms with Crippen LogP contribution in [0, 0.1) is 0 Å². The molecule has 0 saturated heterocycles. The third-order valence-electron chi connectivity index (χ3n) is 3.60. The molecule has 0 saturated carbocycles. The molecule has 2 aromatic carbocycles. The van der Waals surface area contributed by atoms with Crippen LogP contribution in [0.25, 0.3) is 0 Å². The molecule has 2 N–H and O–H groups in total. The van der Waals surface area contributed by atoms with E-state index in [1.165, 1.54) is 0 Å². The summed E-state index contributed by atoms with van der Waals surface area (Å²) in [4.78, 5) is 12.0. The molecule has 23 heavy (non-hydrogen) atoms. The van der Waals surface area contributed by atoms with E-state index in [1.54, 1.807) is 24.3 Å². The maximum atomic E-state index is 12.0. The third kappa shape index (κ3) is 5.96. The molecule has 3 nitrogen and oxygen atoms in total. The Morgan fingerprint density at radius 1 is 1.13 bits per heavy atom. The van der Waals surface area contributed by atoms with Gasteiger partial charge >= 0.3 is 0 Å². The van der Waals surface area contributed by atoms with Crippen molar-refractivity contribution < 1.29 is 9.90 Å². The van der Waals surface area contributed by atoms with Gasteiger partial charge < -0.3 is 10.4 Å². The first kappa shape index (κ1) is 19.7. The normalized spacial score (nSPS) is 13.0. The minimum atomic E-state index is -0.591. The molecule has 0 heterocycles. The first-order valence-electron chi connectivity index (χ1n) is 7.33. The number of halogens is 2. The first-order chi connectivity index (χ1) is 10.6. The Balaban J connectivity index is 0.00000264. The van der Waals surface area contributed by atoms with Crippen molar-refractivity contribution in [1.82, 2.24) is 5.32 Å². The summed E-state index contributed by atoms with van der Waals surface area (Å²) in [5.41, 5.74) is 1.52. The minimum Gasteiger partial charge on any atom is -0.387 e. The van der Waals surface area contributed by atoms with E-state index in [2.05, 4.69) is 5.32 Å². The molecule has 0 amide bonds. The summed E-state index contributed by atoms with van der Waals surface area (Å²) in [5.74, 6) is 0.0607. The van der Waals surface area contributed by atoms with Crippen molar-refractivity contribution in [2.75, 3.05) is 6.54 Å². The maximum Gasteiger partial charge on any atom is 0.164 e. The molecule has 0 radical (unpaired) electrons. The van der Waals surface area contributed by atoms with Gasteiger partial charge in [-0.3, -0.25) is 4.79 Å². The predicted molar refractivity (Wildman–Crippen MR) is 96.5 cm³/mol. The second-order valence-electron chi connectivity index (χ2n) is 5.28. The number of rotatable bonds is 7. The molecule has 0 unspecified atom stereocenters. The number of nitrogens with one attached hydrogen (secondary N) is 1. The summed E-state index contributed by atoms with van der Waals surface area (Å²) in [6.45, 7) is 2.43. The molecule has 2 rings (SSSR count). The standard InChI is InChI=1S/C18H20ClNO2.ClH/c1-13(18(22)15-5-3-2-4-6-15)20-12-11-17(21)14-7-9-16(19)10-8-14;/h2-10,13,18,20,22H,11-12H2,1H3;1H/t13-,18-;/m1./s1. The average molecular weight is 354 g/mol. The summed E-state index contributed by atoms with van der Waals surface area (Å²) >= 11 is 5.80. The van der Waals surface area contributed by atoms with Crippen molar-refractivity contribution in [3.8, 4) is 0 Å². The molecule has 124 valence electrons. The second kappa shape index (κ2) is 9.68. The molecule has 0 bridgehead atoms. The van der Waals surface area contributed by atoms with E-state index in [9.17, 15) is 9.90 Å². The maximum absolute atomic E-state index is 12.0. The molecule has 5 heteroatoms. The van der Waals surface area contributed by atoms with Crippen molar-refractivity contribution in [1.29, 1.82) is 0 Å². The van der Waals surface area contributed by atoms with Crippen LogP contribution >= 0.6 is 24.0 Å². The molecular formula is C18H21Cl2NO2. The second-order valence-corrected chi connectivity index (χ2v) is 5.71. The number of hydrogen-bond acceptors (Lipinski definition) is 3. The number of Topliss-reactive ketones (excluding diaryl/α,β-unsaturated/α-hetero) is 1. The van der Waals surface area contributed by atoms with Crippen LogP contribution in [-0.2, 0) is 0 Å². The number of hydrogen-bond donors (Lipinski definition) is 2. The number of ketones is 1. The molecule has 0 aliphatic rings. The van der Waals surface area contributed by atoms with Gasteiger partial charge in [0.05, 0.1) is 6.10 Å². The zero-order chi connectivity index (χ0) is 15.9. The van der Waals surface area contributed by atoms with Crippen LogP contribution in [0.1, 0.15) is 35.4 Å². The van der Waals surface area contributed by atoms with Crippen molar-refractivity contribution in [3.05, 3.63) is 70.7 Å². The highest BCUT2D eigenvalue weighted by atomic mass is 35.5. The lowest BCUT2D eigenvalue weighted by molar-refractivity contribution is 0.0972. The number of aliphatic hydroxyl groups is 1. The van der Waals surface area contributed by atoms with Crippen molar-refractivity contribution in [2.24, 2.45) is 0 Å². The van der Waals surface area contributed by atoms with Crippen LogP contribution in [0.5, 0.6) is 0 Å². The van der Waals surface area contributed by atoms with E-state index in [4.69, 9.17) is 11.6 Å². The monoisotopic (exact) mass is 353 g/mol.